The summed E-state index contributed by atoms with van der Waals surface area (Å²) in [5.74, 6) is 0.148. The van der Waals surface area contributed by atoms with E-state index >= 15 is 0 Å². The Hall–Kier alpha value is -0.100. The maximum atomic E-state index is 9.92. The Morgan fingerprint density at radius 1 is 1.19 bits per heavy atom. The summed E-state index contributed by atoms with van der Waals surface area (Å²) in [6.07, 6.45) is -0.538. The fourth-order valence-corrected chi connectivity index (χ4v) is 2.55. The first-order valence-corrected chi connectivity index (χ1v) is 6.59. The SMILES string of the molecule is CCOC(OCC)c1cc(Br)cc(Br)c1O. The molecule has 3 nitrogen and oxygen atoms in total. The number of halogens is 2. The molecular formula is C11H14Br2O3. The molecule has 90 valence electrons. The van der Waals surface area contributed by atoms with Gasteiger partial charge in [-0.1, -0.05) is 15.9 Å². The van der Waals surface area contributed by atoms with Gasteiger partial charge in [-0.05, 0) is 41.9 Å². The highest BCUT2D eigenvalue weighted by Crippen LogP contribution is 2.36. The van der Waals surface area contributed by atoms with Crippen molar-refractivity contribution in [2.75, 3.05) is 13.2 Å². The molecule has 0 aliphatic carbocycles. The Morgan fingerprint density at radius 2 is 1.75 bits per heavy atom. The normalized spacial score (nSPS) is 11.1. The molecule has 16 heavy (non-hydrogen) atoms. The highest BCUT2D eigenvalue weighted by atomic mass is 79.9. The van der Waals surface area contributed by atoms with E-state index in [0.717, 1.165) is 4.47 Å². The minimum atomic E-state index is -0.538. The van der Waals surface area contributed by atoms with Gasteiger partial charge < -0.3 is 14.6 Å². The van der Waals surface area contributed by atoms with Crippen LogP contribution < -0.4 is 0 Å². The van der Waals surface area contributed by atoms with Gasteiger partial charge in [0.25, 0.3) is 0 Å². The van der Waals surface area contributed by atoms with Crippen LogP contribution >= 0.6 is 31.9 Å². The van der Waals surface area contributed by atoms with E-state index in [1.807, 2.05) is 13.8 Å². The number of hydrogen-bond acceptors (Lipinski definition) is 3. The fourth-order valence-electron chi connectivity index (χ4n) is 1.30. The first-order valence-electron chi connectivity index (χ1n) is 5.01. The van der Waals surface area contributed by atoms with Gasteiger partial charge in [0.1, 0.15) is 5.75 Å². The highest BCUT2D eigenvalue weighted by Gasteiger charge is 2.18. The third-order valence-electron chi connectivity index (χ3n) is 1.95. The molecule has 0 aliphatic rings. The van der Waals surface area contributed by atoms with Crippen LogP contribution in [-0.4, -0.2) is 18.3 Å². The van der Waals surface area contributed by atoms with Crippen LogP contribution in [-0.2, 0) is 9.47 Å². The molecule has 0 aromatic heterocycles. The van der Waals surface area contributed by atoms with Crippen molar-refractivity contribution in [2.24, 2.45) is 0 Å². The minimum Gasteiger partial charge on any atom is -0.506 e. The van der Waals surface area contributed by atoms with Crippen molar-refractivity contribution in [1.82, 2.24) is 0 Å². The van der Waals surface area contributed by atoms with Gasteiger partial charge in [0.15, 0.2) is 6.29 Å². The second-order valence-electron chi connectivity index (χ2n) is 3.07. The zero-order valence-corrected chi connectivity index (χ0v) is 12.3. The summed E-state index contributed by atoms with van der Waals surface area (Å²) in [7, 11) is 0. The predicted molar refractivity (Wildman–Crippen MR) is 69.5 cm³/mol. The largest absolute Gasteiger partial charge is 0.506 e. The van der Waals surface area contributed by atoms with E-state index in [0.29, 0.717) is 23.2 Å². The van der Waals surface area contributed by atoms with E-state index in [2.05, 4.69) is 31.9 Å². The Bertz CT molecular complexity index is 349. The predicted octanol–water partition coefficient (Wildman–Crippen LogP) is 3.99. The fraction of sp³-hybridized carbons (Fsp3) is 0.455. The van der Waals surface area contributed by atoms with Crippen LogP contribution in [0.25, 0.3) is 0 Å². The number of phenolic OH excluding ortho intramolecular Hbond substituents is 1. The number of aromatic hydroxyl groups is 1. The van der Waals surface area contributed by atoms with Gasteiger partial charge in [-0.25, -0.2) is 0 Å². The topological polar surface area (TPSA) is 38.7 Å². The Balaban J connectivity index is 3.07. The first-order chi connectivity index (χ1) is 7.60. The number of benzene rings is 1. The number of hydrogen-bond donors (Lipinski definition) is 1. The van der Waals surface area contributed by atoms with Gasteiger partial charge in [-0.2, -0.15) is 0 Å². The van der Waals surface area contributed by atoms with Crippen molar-refractivity contribution >= 4 is 31.9 Å². The molecule has 1 aromatic carbocycles. The van der Waals surface area contributed by atoms with Gasteiger partial charge in [-0.3, -0.25) is 0 Å². The van der Waals surface area contributed by atoms with Crippen molar-refractivity contribution in [2.45, 2.75) is 20.1 Å². The molecule has 0 amide bonds. The van der Waals surface area contributed by atoms with Crippen LogP contribution in [0.4, 0.5) is 0 Å². The molecule has 0 bridgehead atoms. The van der Waals surface area contributed by atoms with Crippen molar-refractivity contribution in [3.05, 3.63) is 26.6 Å². The van der Waals surface area contributed by atoms with Gasteiger partial charge in [0.05, 0.1) is 10.0 Å². The van der Waals surface area contributed by atoms with Crippen LogP contribution in [0.3, 0.4) is 0 Å². The summed E-state index contributed by atoms with van der Waals surface area (Å²) in [5.41, 5.74) is 0.616. The van der Waals surface area contributed by atoms with Crippen LogP contribution in [0.2, 0.25) is 0 Å². The molecule has 0 heterocycles. The molecule has 0 fully saturated rings. The zero-order chi connectivity index (χ0) is 12.1. The lowest BCUT2D eigenvalue weighted by Gasteiger charge is -2.19. The standard InChI is InChI=1S/C11H14Br2O3/c1-3-15-11(16-4-2)8-5-7(12)6-9(13)10(8)14/h5-6,11,14H,3-4H2,1-2H3. The maximum Gasteiger partial charge on any atom is 0.187 e. The van der Waals surface area contributed by atoms with E-state index in [1.165, 1.54) is 0 Å². The molecule has 1 aromatic rings. The maximum absolute atomic E-state index is 9.92. The number of rotatable bonds is 5. The van der Waals surface area contributed by atoms with Gasteiger partial charge >= 0.3 is 0 Å². The Kier molecular flexibility index (Phi) is 5.75. The Morgan fingerprint density at radius 3 is 2.25 bits per heavy atom. The zero-order valence-electron chi connectivity index (χ0n) is 9.17. The third-order valence-corrected chi connectivity index (χ3v) is 3.01. The van der Waals surface area contributed by atoms with E-state index in [4.69, 9.17) is 9.47 Å². The number of phenols is 1. The second-order valence-corrected chi connectivity index (χ2v) is 4.84. The molecule has 1 N–H and O–H groups in total. The summed E-state index contributed by atoms with van der Waals surface area (Å²) in [4.78, 5) is 0. The number of ether oxygens (including phenoxy) is 2. The average molecular weight is 354 g/mol. The summed E-state index contributed by atoms with van der Waals surface area (Å²) in [6.45, 7) is 4.81. The molecule has 5 heteroatoms. The lowest BCUT2D eigenvalue weighted by Crippen LogP contribution is -2.09. The molecule has 0 saturated carbocycles. The van der Waals surface area contributed by atoms with Gasteiger partial charge in [-0.15, -0.1) is 0 Å². The molecule has 0 saturated heterocycles. The molecule has 1 rings (SSSR count). The van der Waals surface area contributed by atoms with Gasteiger partial charge in [0, 0.05) is 17.7 Å². The quantitative estimate of drug-likeness (QED) is 0.813. The van der Waals surface area contributed by atoms with Crippen LogP contribution in [0, 0.1) is 0 Å². The van der Waals surface area contributed by atoms with Crippen LogP contribution in [0.1, 0.15) is 25.7 Å². The van der Waals surface area contributed by atoms with Gasteiger partial charge in [0.2, 0.25) is 0 Å². The third kappa shape index (κ3) is 3.45. The minimum absolute atomic E-state index is 0.148. The Labute approximate surface area is 112 Å². The van der Waals surface area contributed by atoms with Crippen molar-refractivity contribution in [3.8, 4) is 5.75 Å². The van der Waals surface area contributed by atoms with E-state index in [1.54, 1.807) is 12.1 Å². The summed E-state index contributed by atoms with van der Waals surface area (Å²) < 4.78 is 12.3. The van der Waals surface area contributed by atoms with E-state index in [-0.39, 0.29) is 5.75 Å². The molecule has 0 spiro atoms. The highest BCUT2D eigenvalue weighted by molar-refractivity contribution is 9.11. The monoisotopic (exact) mass is 352 g/mol. The molecule has 0 radical (unpaired) electrons. The van der Waals surface area contributed by atoms with Crippen molar-refractivity contribution < 1.29 is 14.6 Å². The molecular weight excluding hydrogens is 340 g/mol. The lowest BCUT2D eigenvalue weighted by molar-refractivity contribution is -0.141. The first kappa shape index (κ1) is 14.0. The summed E-state index contributed by atoms with van der Waals surface area (Å²) in [5, 5.41) is 9.92. The van der Waals surface area contributed by atoms with E-state index < -0.39 is 6.29 Å². The van der Waals surface area contributed by atoms with Crippen molar-refractivity contribution in [1.29, 1.82) is 0 Å². The summed E-state index contributed by atoms with van der Waals surface area (Å²) >= 11 is 6.64. The second kappa shape index (κ2) is 6.59. The van der Waals surface area contributed by atoms with Crippen LogP contribution in [0.5, 0.6) is 5.75 Å². The molecule has 0 aliphatic heterocycles. The summed E-state index contributed by atoms with van der Waals surface area (Å²) in [6, 6.07) is 3.56. The van der Waals surface area contributed by atoms with Crippen LogP contribution in [0.15, 0.2) is 21.1 Å². The molecule has 0 atom stereocenters. The smallest absolute Gasteiger partial charge is 0.187 e. The average Bonchev–Trinajstić information content (AvgIpc) is 2.23. The van der Waals surface area contributed by atoms with E-state index in [9.17, 15) is 5.11 Å². The van der Waals surface area contributed by atoms with Crippen molar-refractivity contribution in [3.63, 3.8) is 0 Å². The lowest BCUT2D eigenvalue weighted by atomic mass is 10.2. The molecule has 0 unspecified atom stereocenters.